The summed E-state index contributed by atoms with van der Waals surface area (Å²) in [7, 11) is 1.74. The molecular formula is C14H17BrF3N. The van der Waals surface area contributed by atoms with Gasteiger partial charge in [0.15, 0.2) is 0 Å². The summed E-state index contributed by atoms with van der Waals surface area (Å²) in [6.45, 7) is 2.83. The van der Waals surface area contributed by atoms with Crippen LogP contribution in [0.25, 0.3) is 0 Å². The molecule has 1 aromatic rings. The highest BCUT2D eigenvalue weighted by Gasteiger charge is 2.37. The molecule has 1 fully saturated rings. The van der Waals surface area contributed by atoms with Crippen LogP contribution in [0, 0.1) is 11.8 Å². The van der Waals surface area contributed by atoms with Gasteiger partial charge < -0.3 is 4.90 Å². The van der Waals surface area contributed by atoms with Crippen molar-refractivity contribution < 1.29 is 13.2 Å². The van der Waals surface area contributed by atoms with E-state index in [4.69, 9.17) is 0 Å². The molecule has 106 valence electrons. The van der Waals surface area contributed by atoms with Crippen LogP contribution in [0.1, 0.15) is 24.5 Å². The van der Waals surface area contributed by atoms with Crippen LogP contribution in [-0.4, -0.2) is 13.6 Å². The van der Waals surface area contributed by atoms with E-state index >= 15 is 0 Å². The largest absolute Gasteiger partial charge is 0.418 e. The number of nitrogens with zero attached hydrogens (tertiary/aromatic N) is 1. The number of hydrogen-bond acceptors (Lipinski definition) is 1. The van der Waals surface area contributed by atoms with Gasteiger partial charge in [-0.1, -0.05) is 28.9 Å². The molecule has 1 aliphatic rings. The zero-order chi connectivity index (χ0) is 14.2. The van der Waals surface area contributed by atoms with Gasteiger partial charge in [0, 0.05) is 24.6 Å². The molecule has 0 amide bonds. The van der Waals surface area contributed by atoms with E-state index in [1.54, 1.807) is 24.1 Å². The van der Waals surface area contributed by atoms with E-state index in [9.17, 15) is 13.2 Å². The van der Waals surface area contributed by atoms with Gasteiger partial charge in [-0.25, -0.2) is 0 Å². The Kier molecular flexibility index (Phi) is 4.14. The molecule has 0 radical (unpaired) electrons. The Morgan fingerprint density at radius 2 is 2.00 bits per heavy atom. The summed E-state index contributed by atoms with van der Waals surface area (Å²) < 4.78 is 39.3. The van der Waals surface area contributed by atoms with E-state index in [0.717, 1.165) is 6.42 Å². The van der Waals surface area contributed by atoms with Crippen LogP contribution < -0.4 is 4.90 Å². The van der Waals surface area contributed by atoms with Gasteiger partial charge in [0.25, 0.3) is 0 Å². The zero-order valence-corrected chi connectivity index (χ0v) is 12.6. The summed E-state index contributed by atoms with van der Waals surface area (Å²) in [5.41, 5.74) is 0.376. The third-order valence-corrected chi connectivity index (χ3v) is 4.36. The van der Waals surface area contributed by atoms with Crippen molar-refractivity contribution in [1.82, 2.24) is 0 Å². The van der Waals surface area contributed by atoms with E-state index in [1.165, 1.54) is 6.07 Å². The number of halogens is 4. The van der Waals surface area contributed by atoms with Crippen LogP contribution in [0.3, 0.4) is 0 Å². The van der Waals surface area contributed by atoms with Crippen molar-refractivity contribution >= 4 is 21.6 Å². The van der Waals surface area contributed by atoms with E-state index in [0.29, 0.717) is 29.3 Å². The summed E-state index contributed by atoms with van der Waals surface area (Å²) in [6, 6.07) is 4.55. The highest BCUT2D eigenvalue weighted by molar-refractivity contribution is 9.08. The van der Waals surface area contributed by atoms with Crippen molar-refractivity contribution in [2.24, 2.45) is 11.8 Å². The van der Waals surface area contributed by atoms with Gasteiger partial charge in [0.05, 0.1) is 5.56 Å². The predicted octanol–water partition coefficient (Wildman–Crippen LogP) is 4.69. The lowest BCUT2D eigenvalue weighted by Gasteiger charge is -2.24. The van der Waals surface area contributed by atoms with Crippen molar-refractivity contribution in [3.63, 3.8) is 0 Å². The Balaban J connectivity index is 2.27. The predicted molar refractivity (Wildman–Crippen MR) is 74.6 cm³/mol. The molecule has 0 aromatic heterocycles. The summed E-state index contributed by atoms with van der Waals surface area (Å²) >= 11 is 3.20. The van der Waals surface area contributed by atoms with Gasteiger partial charge >= 0.3 is 6.18 Å². The fourth-order valence-electron chi connectivity index (χ4n) is 2.33. The highest BCUT2D eigenvalue weighted by Crippen LogP contribution is 2.41. The number of rotatable bonds is 4. The normalized spacial score (nSPS) is 22.4. The Hall–Kier alpha value is -0.710. The highest BCUT2D eigenvalue weighted by atomic mass is 79.9. The van der Waals surface area contributed by atoms with Crippen molar-refractivity contribution in [1.29, 1.82) is 0 Å². The summed E-state index contributed by atoms with van der Waals surface area (Å²) in [5, 5.41) is 0.430. The van der Waals surface area contributed by atoms with E-state index in [-0.39, 0.29) is 5.69 Å². The van der Waals surface area contributed by atoms with Crippen LogP contribution in [0.4, 0.5) is 18.9 Å². The molecule has 1 nitrogen and oxygen atoms in total. The van der Waals surface area contributed by atoms with Crippen LogP contribution in [0.15, 0.2) is 18.2 Å². The molecule has 2 rings (SSSR count). The van der Waals surface area contributed by atoms with Gasteiger partial charge in [-0.2, -0.15) is 13.2 Å². The summed E-state index contributed by atoms with van der Waals surface area (Å²) in [6.07, 6.45) is -3.19. The number of alkyl halides is 4. The SMILES string of the molecule is CC1CC1CN(C)c1ccc(CBr)cc1C(F)(F)F. The van der Waals surface area contributed by atoms with Crippen LogP contribution in [0.2, 0.25) is 0 Å². The van der Waals surface area contributed by atoms with E-state index in [1.807, 2.05) is 0 Å². The molecule has 0 saturated heterocycles. The second-order valence-electron chi connectivity index (χ2n) is 5.34. The second-order valence-corrected chi connectivity index (χ2v) is 5.90. The molecule has 0 spiro atoms. The second kappa shape index (κ2) is 5.35. The first-order chi connectivity index (χ1) is 8.82. The van der Waals surface area contributed by atoms with Gasteiger partial charge in [0.2, 0.25) is 0 Å². The maximum Gasteiger partial charge on any atom is 0.418 e. The molecule has 0 N–H and O–H groups in total. The third kappa shape index (κ3) is 3.44. The van der Waals surface area contributed by atoms with Gasteiger partial charge in [-0.05, 0) is 36.0 Å². The maximum absolute atomic E-state index is 13.1. The quantitative estimate of drug-likeness (QED) is 0.721. The molecule has 19 heavy (non-hydrogen) atoms. The molecule has 1 saturated carbocycles. The molecule has 1 aliphatic carbocycles. The first-order valence-electron chi connectivity index (χ1n) is 6.30. The van der Waals surface area contributed by atoms with Gasteiger partial charge in [-0.3, -0.25) is 0 Å². The van der Waals surface area contributed by atoms with Crippen LogP contribution >= 0.6 is 15.9 Å². The van der Waals surface area contributed by atoms with Gasteiger partial charge in [0.1, 0.15) is 0 Å². The Morgan fingerprint density at radius 1 is 1.37 bits per heavy atom. The van der Waals surface area contributed by atoms with Crippen molar-refractivity contribution in [3.8, 4) is 0 Å². The summed E-state index contributed by atoms with van der Waals surface area (Å²) in [5.74, 6) is 1.17. The summed E-state index contributed by atoms with van der Waals surface area (Å²) in [4.78, 5) is 1.73. The number of anilines is 1. The van der Waals surface area contributed by atoms with E-state index < -0.39 is 11.7 Å². The Labute approximate surface area is 119 Å². The topological polar surface area (TPSA) is 3.24 Å². The Morgan fingerprint density at radius 3 is 2.47 bits per heavy atom. The average Bonchev–Trinajstić information content (AvgIpc) is 3.02. The average molecular weight is 336 g/mol. The fourth-order valence-corrected chi connectivity index (χ4v) is 2.68. The first kappa shape index (κ1) is 14.7. The lowest BCUT2D eigenvalue weighted by atomic mass is 10.1. The number of benzene rings is 1. The molecular weight excluding hydrogens is 319 g/mol. The zero-order valence-electron chi connectivity index (χ0n) is 11.0. The standard InChI is InChI=1S/C14H17BrF3N/c1-9-5-11(9)8-19(2)13-4-3-10(7-15)6-12(13)14(16,17)18/h3-4,6,9,11H,5,7-8H2,1-2H3. The van der Waals surface area contributed by atoms with Crippen molar-refractivity contribution in [3.05, 3.63) is 29.3 Å². The minimum atomic E-state index is -4.31. The van der Waals surface area contributed by atoms with Crippen LogP contribution in [-0.2, 0) is 11.5 Å². The van der Waals surface area contributed by atoms with E-state index in [2.05, 4.69) is 22.9 Å². The molecule has 5 heteroatoms. The Bertz CT molecular complexity index is 458. The lowest BCUT2D eigenvalue weighted by Crippen LogP contribution is -2.24. The van der Waals surface area contributed by atoms with Crippen molar-refractivity contribution in [2.75, 3.05) is 18.5 Å². The van der Waals surface area contributed by atoms with Crippen LogP contribution in [0.5, 0.6) is 0 Å². The molecule has 2 atom stereocenters. The molecule has 0 heterocycles. The molecule has 1 aromatic carbocycles. The first-order valence-corrected chi connectivity index (χ1v) is 7.42. The smallest absolute Gasteiger partial charge is 0.374 e. The molecule has 2 unspecified atom stereocenters. The van der Waals surface area contributed by atoms with Gasteiger partial charge in [-0.15, -0.1) is 0 Å². The number of hydrogen-bond donors (Lipinski definition) is 0. The molecule has 0 aliphatic heterocycles. The fraction of sp³-hybridized carbons (Fsp3) is 0.571. The maximum atomic E-state index is 13.1. The molecule has 0 bridgehead atoms. The lowest BCUT2D eigenvalue weighted by molar-refractivity contribution is -0.137. The minimum Gasteiger partial charge on any atom is -0.374 e. The monoisotopic (exact) mass is 335 g/mol. The third-order valence-electron chi connectivity index (χ3n) is 3.72. The minimum absolute atomic E-state index is 0.274. The van der Waals surface area contributed by atoms with Crippen molar-refractivity contribution in [2.45, 2.75) is 24.9 Å².